The first-order valence-corrected chi connectivity index (χ1v) is 8.29. The summed E-state index contributed by atoms with van der Waals surface area (Å²) in [5.74, 6) is -0.100. The lowest BCUT2D eigenvalue weighted by Gasteiger charge is -2.18. The molecule has 5 unspecified atom stereocenters. The van der Waals surface area contributed by atoms with Gasteiger partial charge in [0.25, 0.3) is 5.56 Å². The van der Waals surface area contributed by atoms with Crippen molar-refractivity contribution in [3.63, 3.8) is 0 Å². The van der Waals surface area contributed by atoms with Crippen LogP contribution in [0.5, 0.6) is 0 Å². The van der Waals surface area contributed by atoms with Gasteiger partial charge in [-0.2, -0.15) is 4.98 Å². The number of nitrogens with zero attached hydrogens (tertiary/aromatic N) is 3. The molecule has 0 spiro atoms. The number of ether oxygens (including phenoxy) is 2. The highest BCUT2D eigenvalue weighted by Gasteiger charge is 2.46. The van der Waals surface area contributed by atoms with Crippen molar-refractivity contribution >= 4 is 25.1 Å². The minimum absolute atomic E-state index is 0.0446. The van der Waals surface area contributed by atoms with Crippen LogP contribution in [-0.2, 0) is 14.0 Å². The van der Waals surface area contributed by atoms with E-state index < -0.39 is 38.1 Å². The van der Waals surface area contributed by atoms with Crippen molar-refractivity contribution in [1.29, 1.82) is 0 Å². The number of aromatic nitrogens is 4. The Labute approximate surface area is 129 Å². The number of aliphatic hydroxyl groups excluding tert-OH is 1. The molecule has 0 aliphatic carbocycles. The number of nitrogens with one attached hydrogen (secondary N) is 1. The standard InChI is InChI=1S/C11H16N5O6P/c1-21-7-4(2-23(19)20)22-10(6(7)17)16-3-13-5-8(16)14-11(12)15-9(5)18/h3-4,6-7,10,17,23H,2H2,1H3,(H,19,20)(H3,12,14,15,18). The van der Waals surface area contributed by atoms with Crippen LogP contribution in [0.3, 0.4) is 0 Å². The molecule has 2 aromatic rings. The Balaban J connectivity index is 2.02. The predicted molar refractivity (Wildman–Crippen MR) is 79.4 cm³/mol. The van der Waals surface area contributed by atoms with E-state index in [0.29, 0.717) is 0 Å². The molecule has 1 aliphatic rings. The summed E-state index contributed by atoms with van der Waals surface area (Å²) >= 11 is 0. The lowest BCUT2D eigenvalue weighted by Crippen LogP contribution is -2.34. The van der Waals surface area contributed by atoms with Gasteiger partial charge in [0, 0.05) is 7.11 Å². The molecule has 2 aromatic heterocycles. The number of hydrogen-bond acceptors (Lipinski definition) is 8. The number of aliphatic hydroxyl groups is 1. The minimum Gasteiger partial charge on any atom is -0.386 e. The predicted octanol–water partition coefficient (Wildman–Crippen LogP) is -1.56. The summed E-state index contributed by atoms with van der Waals surface area (Å²) in [6.07, 6.45) is -2.53. The van der Waals surface area contributed by atoms with Crippen molar-refractivity contribution in [3.05, 3.63) is 16.7 Å². The Bertz CT molecular complexity index is 806. The van der Waals surface area contributed by atoms with Crippen molar-refractivity contribution in [2.24, 2.45) is 0 Å². The molecule has 1 fully saturated rings. The number of nitrogen functional groups attached to an aromatic ring is 1. The molecule has 11 nitrogen and oxygen atoms in total. The molecule has 0 radical (unpaired) electrons. The van der Waals surface area contributed by atoms with E-state index >= 15 is 0 Å². The van der Waals surface area contributed by atoms with Gasteiger partial charge in [-0.05, 0) is 0 Å². The second-order valence-corrected chi connectivity index (χ2v) is 6.32. The van der Waals surface area contributed by atoms with Crippen molar-refractivity contribution in [3.8, 4) is 0 Å². The molecule has 23 heavy (non-hydrogen) atoms. The van der Waals surface area contributed by atoms with E-state index in [1.165, 1.54) is 18.0 Å². The third-order valence-electron chi connectivity index (χ3n) is 3.68. The Morgan fingerprint density at radius 3 is 3.00 bits per heavy atom. The molecule has 5 atom stereocenters. The Morgan fingerprint density at radius 1 is 1.61 bits per heavy atom. The van der Waals surface area contributed by atoms with E-state index in [9.17, 15) is 14.5 Å². The zero-order valence-electron chi connectivity index (χ0n) is 12.0. The van der Waals surface area contributed by atoms with Crippen molar-refractivity contribution in [2.45, 2.75) is 24.5 Å². The van der Waals surface area contributed by atoms with E-state index in [-0.39, 0.29) is 23.3 Å². The van der Waals surface area contributed by atoms with Gasteiger partial charge in [-0.15, -0.1) is 0 Å². The zero-order chi connectivity index (χ0) is 16.7. The van der Waals surface area contributed by atoms with Gasteiger partial charge in [0.15, 0.2) is 25.4 Å². The summed E-state index contributed by atoms with van der Waals surface area (Å²) in [5, 5.41) is 10.4. The first kappa shape index (κ1) is 16.1. The molecule has 0 saturated carbocycles. The van der Waals surface area contributed by atoms with E-state index in [1.807, 2.05) is 0 Å². The van der Waals surface area contributed by atoms with Crippen LogP contribution in [0.1, 0.15) is 6.23 Å². The van der Waals surface area contributed by atoms with Gasteiger partial charge in [0.05, 0.1) is 18.6 Å². The van der Waals surface area contributed by atoms with Gasteiger partial charge in [0.2, 0.25) is 5.95 Å². The lowest BCUT2D eigenvalue weighted by atomic mass is 10.1. The number of methoxy groups -OCH3 is 1. The molecular formula is C11H16N5O6P. The highest BCUT2D eigenvalue weighted by atomic mass is 31.1. The van der Waals surface area contributed by atoms with E-state index in [0.717, 1.165) is 0 Å². The summed E-state index contributed by atoms with van der Waals surface area (Å²) < 4.78 is 23.3. The molecule has 3 heterocycles. The first-order valence-electron chi connectivity index (χ1n) is 6.72. The van der Waals surface area contributed by atoms with Gasteiger partial charge in [0.1, 0.15) is 12.2 Å². The van der Waals surface area contributed by atoms with Gasteiger partial charge >= 0.3 is 0 Å². The second-order valence-electron chi connectivity index (χ2n) is 5.13. The maximum atomic E-state index is 11.8. The average molecular weight is 345 g/mol. The van der Waals surface area contributed by atoms with Gasteiger partial charge in [-0.1, -0.05) is 0 Å². The quantitative estimate of drug-likeness (QED) is 0.479. The minimum atomic E-state index is -2.81. The molecular weight excluding hydrogens is 329 g/mol. The fraction of sp³-hybridized carbons (Fsp3) is 0.545. The van der Waals surface area contributed by atoms with Crippen LogP contribution in [0.2, 0.25) is 0 Å². The molecule has 1 saturated heterocycles. The molecule has 3 rings (SSSR count). The van der Waals surface area contributed by atoms with Crippen LogP contribution in [0.25, 0.3) is 11.2 Å². The van der Waals surface area contributed by atoms with Crippen LogP contribution in [-0.4, -0.2) is 61.1 Å². The second kappa shape index (κ2) is 6.02. The number of H-pyrrole nitrogens is 1. The largest absolute Gasteiger partial charge is 0.386 e. The topological polar surface area (TPSA) is 166 Å². The third-order valence-corrected chi connectivity index (χ3v) is 4.43. The Hall–Kier alpha value is -1.78. The molecule has 0 amide bonds. The zero-order valence-corrected chi connectivity index (χ0v) is 13.0. The molecule has 1 aliphatic heterocycles. The van der Waals surface area contributed by atoms with Crippen LogP contribution in [0.15, 0.2) is 11.1 Å². The van der Waals surface area contributed by atoms with Gasteiger partial charge in [-0.25, -0.2) is 4.98 Å². The monoisotopic (exact) mass is 345 g/mol. The van der Waals surface area contributed by atoms with Crippen molar-refractivity contribution in [1.82, 2.24) is 19.5 Å². The van der Waals surface area contributed by atoms with E-state index in [4.69, 9.17) is 20.1 Å². The smallest absolute Gasteiger partial charge is 0.280 e. The maximum Gasteiger partial charge on any atom is 0.280 e. The van der Waals surface area contributed by atoms with Crippen LogP contribution in [0, 0.1) is 0 Å². The van der Waals surface area contributed by atoms with Crippen molar-refractivity contribution in [2.75, 3.05) is 19.0 Å². The summed E-state index contributed by atoms with van der Waals surface area (Å²) in [6, 6.07) is 0. The summed E-state index contributed by atoms with van der Waals surface area (Å²) in [4.78, 5) is 31.2. The number of imidazole rings is 1. The SMILES string of the molecule is COC1C(C[PH](=O)O)OC(n2cnc3c(=O)[nH]c(N)nc32)C1O. The summed E-state index contributed by atoms with van der Waals surface area (Å²) in [6.45, 7) is 0. The number of aromatic amines is 1. The summed E-state index contributed by atoms with van der Waals surface area (Å²) in [7, 11) is -1.44. The Morgan fingerprint density at radius 2 is 2.35 bits per heavy atom. The average Bonchev–Trinajstić information content (AvgIpc) is 2.99. The van der Waals surface area contributed by atoms with Crippen LogP contribution < -0.4 is 11.3 Å². The number of hydrogen-bond donors (Lipinski definition) is 4. The van der Waals surface area contributed by atoms with Crippen LogP contribution in [0.4, 0.5) is 5.95 Å². The molecule has 126 valence electrons. The number of anilines is 1. The highest BCUT2D eigenvalue weighted by molar-refractivity contribution is 7.38. The molecule has 0 bridgehead atoms. The number of fused-ring (bicyclic) bond motifs is 1. The van der Waals surface area contributed by atoms with Gasteiger partial charge < -0.3 is 25.2 Å². The number of nitrogens with two attached hydrogens (primary N) is 1. The van der Waals surface area contributed by atoms with Crippen molar-refractivity contribution < 1.29 is 24.0 Å². The van der Waals surface area contributed by atoms with E-state index in [2.05, 4.69) is 15.0 Å². The first-order chi connectivity index (χ1) is 10.9. The third kappa shape index (κ3) is 2.77. The van der Waals surface area contributed by atoms with Gasteiger partial charge in [-0.3, -0.25) is 18.9 Å². The van der Waals surface area contributed by atoms with Crippen LogP contribution >= 0.6 is 8.03 Å². The molecule has 12 heteroatoms. The molecule has 0 aromatic carbocycles. The fourth-order valence-electron chi connectivity index (χ4n) is 2.71. The normalized spacial score (nSPS) is 29.2. The summed E-state index contributed by atoms with van der Waals surface area (Å²) in [5.41, 5.74) is 5.20. The Kier molecular flexibility index (Phi) is 4.21. The highest BCUT2D eigenvalue weighted by Crippen LogP contribution is 2.35. The fourth-order valence-corrected chi connectivity index (χ4v) is 3.38. The van der Waals surface area contributed by atoms with E-state index in [1.54, 1.807) is 0 Å². The lowest BCUT2D eigenvalue weighted by molar-refractivity contribution is -0.0298. The molecule has 5 N–H and O–H groups in total. The number of rotatable bonds is 4. The maximum absolute atomic E-state index is 11.8.